The van der Waals surface area contributed by atoms with Gasteiger partial charge in [0.05, 0.1) is 12.5 Å². The fourth-order valence-corrected chi connectivity index (χ4v) is 1.11. The van der Waals surface area contributed by atoms with Crippen molar-refractivity contribution in [3.05, 3.63) is 34.3 Å². The van der Waals surface area contributed by atoms with E-state index in [4.69, 9.17) is 16.9 Å². The molecule has 0 N–H and O–H groups in total. The first-order valence-electron chi connectivity index (χ1n) is 3.36. The molecule has 0 aliphatic heterocycles. The van der Waals surface area contributed by atoms with Crippen LogP contribution in [-0.2, 0) is 6.42 Å². The van der Waals surface area contributed by atoms with Crippen LogP contribution in [0.25, 0.3) is 0 Å². The summed E-state index contributed by atoms with van der Waals surface area (Å²) in [6.45, 7) is 1.98. The second kappa shape index (κ2) is 3.41. The Morgan fingerprint density at radius 2 is 2.27 bits per heavy atom. The van der Waals surface area contributed by atoms with Crippen molar-refractivity contribution in [3.8, 4) is 6.07 Å². The van der Waals surface area contributed by atoms with Crippen LogP contribution in [0.2, 0.25) is 5.02 Å². The number of rotatable bonds is 1. The molecule has 56 valence electrons. The molecule has 0 radical (unpaired) electrons. The molecule has 0 unspecified atom stereocenters. The molecule has 0 bridgehead atoms. The minimum absolute atomic E-state index is 0.389. The molecule has 0 saturated carbocycles. The predicted molar refractivity (Wildman–Crippen MR) is 45.5 cm³/mol. The quantitative estimate of drug-likeness (QED) is 0.628. The predicted octanol–water partition coefficient (Wildman–Crippen LogP) is 2.71. The molecule has 1 aromatic rings. The Morgan fingerprint density at radius 1 is 1.55 bits per heavy atom. The van der Waals surface area contributed by atoms with Gasteiger partial charge in [0.25, 0.3) is 0 Å². The molecule has 0 fully saturated rings. The van der Waals surface area contributed by atoms with E-state index < -0.39 is 0 Å². The van der Waals surface area contributed by atoms with Crippen molar-refractivity contribution in [2.75, 3.05) is 0 Å². The van der Waals surface area contributed by atoms with E-state index in [-0.39, 0.29) is 0 Å². The molecular weight excluding hydrogens is 158 g/mol. The molecular formula is C9H8ClN. The van der Waals surface area contributed by atoms with E-state index >= 15 is 0 Å². The Labute approximate surface area is 71.2 Å². The zero-order valence-electron chi connectivity index (χ0n) is 6.26. The third-order valence-electron chi connectivity index (χ3n) is 1.47. The van der Waals surface area contributed by atoms with Gasteiger partial charge in [0, 0.05) is 5.02 Å². The van der Waals surface area contributed by atoms with Gasteiger partial charge in [-0.2, -0.15) is 5.26 Å². The molecule has 0 aromatic heterocycles. The number of nitrogens with zero attached hydrogens (tertiary/aromatic N) is 1. The largest absolute Gasteiger partial charge is 0.198 e. The first-order chi connectivity index (χ1) is 5.24. The van der Waals surface area contributed by atoms with Gasteiger partial charge in [0.15, 0.2) is 0 Å². The lowest BCUT2D eigenvalue weighted by Crippen LogP contribution is -1.84. The van der Waals surface area contributed by atoms with Crippen LogP contribution in [0.4, 0.5) is 0 Å². The third-order valence-corrected chi connectivity index (χ3v) is 1.84. The summed E-state index contributed by atoms with van der Waals surface area (Å²) in [6, 6.07) is 7.76. The Hall–Kier alpha value is -1.00. The van der Waals surface area contributed by atoms with Gasteiger partial charge in [-0.05, 0) is 18.6 Å². The fraction of sp³-hybridized carbons (Fsp3) is 0.222. The SMILES string of the molecule is Cc1ccc(Cl)c(CC#N)c1. The van der Waals surface area contributed by atoms with Gasteiger partial charge in [-0.3, -0.25) is 0 Å². The van der Waals surface area contributed by atoms with E-state index in [1.807, 2.05) is 25.1 Å². The zero-order chi connectivity index (χ0) is 8.27. The minimum Gasteiger partial charge on any atom is -0.198 e. The van der Waals surface area contributed by atoms with Gasteiger partial charge in [0.1, 0.15) is 0 Å². The Balaban J connectivity index is 3.05. The van der Waals surface area contributed by atoms with E-state index in [9.17, 15) is 0 Å². The summed E-state index contributed by atoms with van der Waals surface area (Å²) in [4.78, 5) is 0. The number of aryl methyl sites for hydroxylation is 1. The van der Waals surface area contributed by atoms with Crippen LogP contribution >= 0.6 is 11.6 Å². The molecule has 1 aromatic carbocycles. The molecule has 0 heterocycles. The van der Waals surface area contributed by atoms with Crippen molar-refractivity contribution >= 4 is 11.6 Å². The Morgan fingerprint density at radius 3 is 2.91 bits per heavy atom. The van der Waals surface area contributed by atoms with Crippen LogP contribution < -0.4 is 0 Å². The maximum atomic E-state index is 8.43. The lowest BCUT2D eigenvalue weighted by Gasteiger charge is -1.99. The van der Waals surface area contributed by atoms with Crippen LogP contribution in [0.1, 0.15) is 11.1 Å². The maximum Gasteiger partial charge on any atom is 0.0670 e. The highest BCUT2D eigenvalue weighted by Crippen LogP contribution is 2.17. The van der Waals surface area contributed by atoms with Gasteiger partial charge >= 0.3 is 0 Å². The molecule has 11 heavy (non-hydrogen) atoms. The lowest BCUT2D eigenvalue weighted by atomic mass is 10.1. The van der Waals surface area contributed by atoms with Crippen molar-refractivity contribution in [3.63, 3.8) is 0 Å². The number of hydrogen-bond acceptors (Lipinski definition) is 1. The molecule has 0 aliphatic carbocycles. The van der Waals surface area contributed by atoms with Crippen LogP contribution in [0.5, 0.6) is 0 Å². The van der Waals surface area contributed by atoms with Crippen molar-refractivity contribution in [2.45, 2.75) is 13.3 Å². The summed E-state index contributed by atoms with van der Waals surface area (Å²) in [7, 11) is 0. The highest BCUT2D eigenvalue weighted by Gasteiger charge is 1.98. The highest BCUT2D eigenvalue weighted by molar-refractivity contribution is 6.31. The second-order valence-corrected chi connectivity index (χ2v) is 2.84. The average molecular weight is 166 g/mol. The molecule has 0 spiro atoms. The first-order valence-corrected chi connectivity index (χ1v) is 3.74. The van der Waals surface area contributed by atoms with E-state index in [2.05, 4.69) is 6.07 Å². The maximum absolute atomic E-state index is 8.43. The summed E-state index contributed by atoms with van der Waals surface area (Å²) in [6.07, 6.45) is 0.389. The number of nitriles is 1. The molecule has 0 aliphatic rings. The van der Waals surface area contributed by atoms with Crippen molar-refractivity contribution < 1.29 is 0 Å². The van der Waals surface area contributed by atoms with Gasteiger partial charge in [0.2, 0.25) is 0 Å². The normalized spacial score (nSPS) is 9.18. The number of hydrogen-bond donors (Lipinski definition) is 0. The van der Waals surface area contributed by atoms with Crippen LogP contribution in [0.15, 0.2) is 18.2 Å². The topological polar surface area (TPSA) is 23.8 Å². The average Bonchev–Trinajstić information content (AvgIpc) is 1.98. The molecule has 1 nitrogen and oxygen atoms in total. The molecule has 0 amide bonds. The van der Waals surface area contributed by atoms with E-state index in [1.54, 1.807) is 0 Å². The number of halogens is 1. The summed E-state index contributed by atoms with van der Waals surface area (Å²) in [5, 5.41) is 9.10. The van der Waals surface area contributed by atoms with Crippen molar-refractivity contribution in [1.29, 1.82) is 5.26 Å². The van der Waals surface area contributed by atoms with E-state index in [0.717, 1.165) is 11.1 Å². The van der Waals surface area contributed by atoms with E-state index in [0.29, 0.717) is 11.4 Å². The van der Waals surface area contributed by atoms with Gasteiger partial charge in [-0.15, -0.1) is 0 Å². The van der Waals surface area contributed by atoms with Crippen molar-refractivity contribution in [2.24, 2.45) is 0 Å². The highest BCUT2D eigenvalue weighted by atomic mass is 35.5. The molecule has 2 heteroatoms. The summed E-state index contributed by atoms with van der Waals surface area (Å²) >= 11 is 5.82. The van der Waals surface area contributed by atoms with Crippen LogP contribution in [0, 0.1) is 18.3 Å². The standard InChI is InChI=1S/C9H8ClN/c1-7-2-3-9(10)8(6-7)4-5-11/h2-3,6H,4H2,1H3. The summed E-state index contributed by atoms with van der Waals surface area (Å²) in [5.74, 6) is 0. The Bertz CT molecular complexity index is 299. The van der Waals surface area contributed by atoms with Gasteiger partial charge in [-0.25, -0.2) is 0 Å². The third kappa shape index (κ3) is 1.96. The van der Waals surface area contributed by atoms with Crippen LogP contribution in [0.3, 0.4) is 0 Å². The number of benzene rings is 1. The zero-order valence-corrected chi connectivity index (χ0v) is 7.02. The lowest BCUT2D eigenvalue weighted by molar-refractivity contribution is 1.24. The molecule has 1 rings (SSSR count). The summed E-state index contributed by atoms with van der Waals surface area (Å²) in [5.41, 5.74) is 2.05. The summed E-state index contributed by atoms with van der Waals surface area (Å²) < 4.78 is 0. The minimum atomic E-state index is 0.389. The van der Waals surface area contributed by atoms with E-state index in [1.165, 1.54) is 0 Å². The monoisotopic (exact) mass is 165 g/mol. The smallest absolute Gasteiger partial charge is 0.0670 e. The molecule has 0 saturated heterocycles. The molecule has 0 atom stereocenters. The first kappa shape index (κ1) is 8.10. The van der Waals surface area contributed by atoms with Crippen LogP contribution in [-0.4, -0.2) is 0 Å². The van der Waals surface area contributed by atoms with Crippen molar-refractivity contribution in [1.82, 2.24) is 0 Å². The van der Waals surface area contributed by atoms with Gasteiger partial charge in [-0.1, -0.05) is 29.3 Å². The second-order valence-electron chi connectivity index (χ2n) is 2.43. The van der Waals surface area contributed by atoms with Gasteiger partial charge < -0.3 is 0 Å². The Kier molecular flexibility index (Phi) is 2.51. The fourth-order valence-electron chi connectivity index (χ4n) is 0.924.